The minimum absolute atomic E-state index is 0.469. The Morgan fingerprint density at radius 2 is 1.93 bits per heavy atom. The Hall–Kier alpha value is -1.25. The molecule has 15 heavy (non-hydrogen) atoms. The van der Waals surface area contributed by atoms with Gasteiger partial charge >= 0.3 is 0 Å². The molecule has 0 amide bonds. The van der Waals surface area contributed by atoms with Gasteiger partial charge in [0.25, 0.3) is 0 Å². The second-order valence-corrected chi connectivity index (χ2v) is 5.43. The molecule has 0 saturated carbocycles. The first-order valence-electron chi connectivity index (χ1n) is 4.04. The molecular formula is C9H9ClN2O2S. The number of rotatable bonds is 3. The molecule has 1 aromatic rings. The van der Waals surface area contributed by atoms with Gasteiger partial charge in [0.05, 0.1) is 17.3 Å². The zero-order valence-electron chi connectivity index (χ0n) is 8.01. The Bertz CT molecular complexity index is 476. The number of hydrogen-bond acceptors (Lipinski definition) is 3. The summed E-state index contributed by atoms with van der Waals surface area (Å²) in [4.78, 5) is 0. The summed E-state index contributed by atoms with van der Waals surface area (Å²) in [5, 5.41) is 8.10. The minimum Gasteiger partial charge on any atom is -0.272 e. The van der Waals surface area contributed by atoms with E-state index in [0.717, 1.165) is 4.31 Å². The highest BCUT2D eigenvalue weighted by molar-refractivity contribution is 7.93. The van der Waals surface area contributed by atoms with Crippen LogP contribution in [0.3, 0.4) is 0 Å². The third kappa shape index (κ3) is 2.61. The lowest BCUT2D eigenvalue weighted by molar-refractivity contribution is 0.599. The molecular weight excluding hydrogens is 236 g/mol. The van der Waals surface area contributed by atoms with Gasteiger partial charge in [-0.2, -0.15) is 5.26 Å². The molecule has 0 spiro atoms. The molecule has 0 aliphatic rings. The molecule has 0 atom stereocenters. The molecule has 0 saturated heterocycles. The lowest BCUT2D eigenvalue weighted by Gasteiger charge is -2.17. The van der Waals surface area contributed by atoms with Crippen LogP contribution in [0.1, 0.15) is 5.56 Å². The molecule has 6 heteroatoms. The highest BCUT2D eigenvalue weighted by Gasteiger charge is 2.16. The molecule has 0 unspecified atom stereocenters. The summed E-state index contributed by atoms with van der Waals surface area (Å²) >= 11 is 5.31. The fourth-order valence-electron chi connectivity index (χ4n) is 0.980. The number of nitriles is 1. The van der Waals surface area contributed by atoms with Crippen molar-refractivity contribution in [3.63, 3.8) is 0 Å². The zero-order chi connectivity index (χ0) is 11.5. The molecule has 1 rings (SSSR count). The van der Waals surface area contributed by atoms with Gasteiger partial charge in [-0.15, -0.1) is 11.6 Å². The summed E-state index contributed by atoms with van der Waals surface area (Å²) in [6.07, 6.45) is 0. The van der Waals surface area contributed by atoms with Gasteiger partial charge in [0.1, 0.15) is 5.21 Å². The van der Waals surface area contributed by atoms with Gasteiger partial charge in [-0.3, -0.25) is 4.31 Å². The molecule has 0 bridgehead atoms. The third-order valence-corrected chi connectivity index (χ3v) is 4.06. The monoisotopic (exact) mass is 244 g/mol. The average Bonchev–Trinajstić information content (AvgIpc) is 2.28. The Labute approximate surface area is 93.7 Å². The van der Waals surface area contributed by atoms with Gasteiger partial charge < -0.3 is 0 Å². The van der Waals surface area contributed by atoms with Crippen LogP contribution in [0.15, 0.2) is 24.3 Å². The summed E-state index contributed by atoms with van der Waals surface area (Å²) in [6.45, 7) is 0. The fourth-order valence-corrected chi connectivity index (χ4v) is 2.01. The molecule has 0 aromatic heterocycles. The Balaban J connectivity index is 3.04. The second-order valence-electron chi connectivity index (χ2n) is 2.85. The maximum absolute atomic E-state index is 11.4. The number of nitrogens with zero attached hydrogens (tertiary/aromatic N) is 2. The minimum atomic E-state index is -3.45. The molecule has 4 nitrogen and oxygen atoms in total. The summed E-state index contributed by atoms with van der Waals surface area (Å²) in [5.41, 5.74) is 0.963. The van der Waals surface area contributed by atoms with Gasteiger partial charge in [0, 0.05) is 7.05 Å². The highest BCUT2D eigenvalue weighted by Crippen LogP contribution is 2.17. The molecule has 0 radical (unpaired) electrons. The SMILES string of the molecule is CN(c1ccc(C#N)cc1)S(=O)(=O)CCl. The lowest BCUT2D eigenvalue weighted by Crippen LogP contribution is -2.27. The molecule has 0 aliphatic heterocycles. The van der Waals surface area contributed by atoms with Crippen LogP contribution in [0.25, 0.3) is 0 Å². The van der Waals surface area contributed by atoms with Gasteiger partial charge in [0.15, 0.2) is 0 Å². The van der Waals surface area contributed by atoms with Crippen LogP contribution in [0.2, 0.25) is 0 Å². The van der Waals surface area contributed by atoms with E-state index in [4.69, 9.17) is 16.9 Å². The van der Waals surface area contributed by atoms with Crippen LogP contribution < -0.4 is 4.31 Å². The van der Waals surface area contributed by atoms with E-state index in [9.17, 15) is 8.42 Å². The highest BCUT2D eigenvalue weighted by atomic mass is 35.5. The fraction of sp³-hybridized carbons (Fsp3) is 0.222. The number of alkyl halides is 1. The maximum Gasteiger partial charge on any atom is 0.248 e. The number of anilines is 1. The number of benzene rings is 1. The van der Waals surface area contributed by atoms with Crippen molar-refractivity contribution in [2.45, 2.75) is 0 Å². The summed E-state index contributed by atoms with van der Waals surface area (Å²) in [6, 6.07) is 8.17. The molecule has 0 fully saturated rings. The average molecular weight is 245 g/mol. The van der Waals surface area contributed by atoms with Crippen molar-refractivity contribution in [1.29, 1.82) is 5.26 Å². The van der Waals surface area contributed by atoms with Crippen LogP contribution in [0.5, 0.6) is 0 Å². The smallest absolute Gasteiger partial charge is 0.248 e. The Morgan fingerprint density at radius 1 is 1.40 bits per heavy atom. The van der Waals surface area contributed by atoms with E-state index in [2.05, 4.69) is 0 Å². The first-order valence-corrected chi connectivity index (χ1v) is 6.18. The van der Waals surface area contributed by atoms with E-state index in [-0.39, 0.29) is 0 Å². The third-order valence-electron chi connectivity index (χ3n) is 1.92. The van der Waals surface area contributed by atoms with Gasteiger partial charge in [-0.1, -0.05) is 0 Å². The number of sulfonamides is 1. The van der Waals surface area contributed by atoms with E-state index in [1.54, 1.807) is 24.3 Å². The molecule has 1 aromatic carbocycles. The van der Waals surface area contributed by atoms with Gasteiger partial charge in [-0.05, 0) is 24.3 Å². The van der Waals surface area contributed by atoms with Gasteiger partial charge in [0.2, 0.25) is 10.0 Å². The standard InChI is InChI=1S/C9H9ClN2O2S/c1-12(15(13,14)7-10)9-4-2-8(6-11)3-5-9/h2-5H,7H2,1H3. The summed E-state index contributed by atoms with van der Waals surface area (Å²) in [7, 11) is -2.04. The van der Waals surface area contributed by atoms with Crippen molar-refractivity contribution in [2.75, 3.05) is 16.6 Å². The van der Waals surface area contributed by atoms with Crippen LogP contribution in [-0.4, -0.2) is 20.7 Å². The summed E-state index contributed by atoms with van der Waals surface area (Å²) < 4.78 is 23.9. The van der Waals surface area contributed by atoms with Crippen molar-refractivity contribution >= 4 is 27.3 Å². The van der Waals surface area contributed by atoms with E-state index >= 15 is 0 Å². The van der Waals surface area contributed by atoms with Crippen molar-refractivity contribution in [1.82, 2.24) is 0 Å². The van der Waals surface area contributed by atoms with Crippen molar-refractivity contribution in [3.05, 3.63) is 29.8 Å². The molecule has 0 N–H and O–H groups in total. The van der Waals surface area contributed by atoms with Crippen LogP contribution in [0.4, 0.5) is 5.69 Å². The van der Waals surface area contributed by atoms with E-state index in [0.29, 0.717) is 11.3 Å². The predicted molar refractivity (Wildman–Crippen MR) is 59.2 cm³/mol. The van der Waals surface area contributed by atoms with E-state index in [1.165, 1.54) is 7.05 Å². The Kier molecular flexibility index (Phi) is 3.56. The first kappa shape index (κ1) is 11.8. The number of halogens is 1. The van der Waals surface area contributed by atoms with Crippen LogP contribution in [0, 0.1) is 11.3 Å². The van der Waals surface area contributed by atoms with E-state index in [1.807, 2.05) is 6.07 Å². The van der Waals surface area contributed by atoms with Crippen molar-refractivity contribution < 1.29 is 8.42 Å². The Morgan fingerprint density at radius 3 is 2.33 bits per heavy atom. The maximum atomic E-state index is 11.4. The summed E-state index contributed by atoms with van der Waals surface area (Å²) in [5.74, 6) is 0. The molecule has 80 valence electrons. The quantitative estimate of drug-likeness (QED) is 0.758. The predicted octanol–water partition coefficient (Wildman–Crippen LogP) is 1.52. The van der Waals surface area contributed by atoms with Crippen LogP contribution in [-0.2, 0) is 10.0 Å². The van der Waals surface area contributed by atoms with Crippen LogP contribution >= 0.6 is 11.6 Å². The van der Waals surface area contributed by atoms with E-state index < -0.39 is 15.2 Å². The molecule has 0 heterocycles. The van der Waals surface area contributed by atoms with Crippen molar-refractivity contribution in [3.8, 4) is 6.07 Å². The zero-order valence-corrected chi connectivity index (χ0v) is 9.59. The topological polar surface area (TPSA) is 61.2 Å². The lowest BCUT2D eigenvalue weighted by atomic mass is 10.2. The number of hydrogen-bond donors (Lipinski definition) is 0. The first-order chi connectivity index (χ1) is 7.01. The second kappa shape index (κ2) is 4.51. The van der Waals surface area contributed by atoms with Gasteiger partial charge in [-0.25, -0.2) is 8.42 Å². The normalized spacial score (nSPS) is 10.7. The molecule has 0 aliphatic carbocycles. The largest absolute Gasteiger partial charge is 0.272 e. The van der Waals surface area contributed by atoms with Crippen molar-refractivity contribution in [2.24, 2.45) is 0 Å².